The molecule has 0 radical (unpaired) electrons. The fourth-order valence-corrected chi connectivity index (χ4v) is 3.52. The van der Waals surface area contributed by atoms with E-state index >= 15 is 0 Å². The first-order valence-electron chi connectivity index (χ1n) is 6.71. The molecule has 2 nitrogen and oxygen atoms in total. The standard InChI is InChI=1S/C13H22N2/c14-13(11-7-8-11)15-9-3-5-10-4-1-2-6-12(10)15/h10-12,14H,1-9H2/t10-,12-/m1/s1. The Morgan fingerprint density at radius 2 is 1.67 bits per heavy atom. The van der Waals surface area contributed by atoms with Crippen LogP contribution in [0.2, 0.25) is 0 Å². The highest BCUT2D eigenvalue weighted by atomic mass is 15.2. The van der Waals surface area contributed by atoms with Gasteiger partial charge in [0.05, 0.1) is 5.84 Å². The molecule has 2 aliphatic carbocycles. The highest BCUT2D eigenvalue weighted by Crippen LogP contribution is 2.39. The van der Waals surface area contributed by atoms with Crippen molar-refractivity contribution in [1.82, 2.24) is 4.90 Å². The molecule has 15 heavy (non-hydrogen) atoms. The SMILES string of the molecule is N=C(C1CC1)N1CCC[C@H]2CCCC[C@H]21. The zero-order valence-corrected chi connectivity index (χ0v) is 9.54. The van der Waals surface area contributed by atoms with E-state index in [-0.39, 0.29) is 0 Å². The Kier molecular flexibility index (Phi) is 2.45. The molecule has 0 aromatic carbocycles. The monoisotopic (exact) mass is 206 g/mol. The van der Waals surface area contributed by atoms with Gasteiger partial charge in [-0.2, -0.15) is 0 Å². The van der Waals surface area contributed by atoms with Crippen LogP contribution in [0.15, 0.2) is 0 Å². The van der Waals surface area contributed by atoms with Gasteiger partial charge in [0, 0.05) is 18.5 Å². The summed E-state index contributed by atoms with van der Waals surface area (Å²) >= 11 is 0. The van der Waals surface area contributed by atoms with Crippen molar-refractivity contribution in [2.24, 2.45) is 11.8 Å². The molecule has 1 heterocycles. The van der Waals surface area contributed by atoms with Gasteiger partial charge < -0.3 is 4.90 Å². The maximum atomic E-state index is 8.25. The van der Waals surface area contributed by atoms with Crippen molar-refractivity contribution in [1.29, 1.82) is 5.41 Å². The van der Waals surface area contributed by atoms with Crippen LogP contribution in [-0.4, -0.2) is 23.3 Å². The highest BCUT2D eigenvalue weighted by molar-refractivity contribution is 5.84. The lowest BCUT2D eigenvalue weighted by Gasteiger charge is -2.45. The Balaban J connectivity index is 1.72. The van der Waals surface area contributed by atoms with Gasteiger partial charge in [0.2, 0.25) is 0 Å². The molecule has 1 aliphatic heterocycles. The first kappa shape index (κ1) is 9.68. The topological polar surface area (TPSA) is 27.1 Å². The van der Waals surface area contributed by atoms with Crippen molar-refractivity contribution in [3.8, 4) is 0 Å². The van der Waals surface area contributed by atoms with Gasteiger partial charge in [0.1, 0.15) is 0 Å². The van der Waals surface area contributed by atoms with Crippen molar-refractivity contribution in [2.75, 3.05) is 6.54 Å². The van der Waals surface area contributed by atoms with E-state index < -0.39 is 0 Å². The number of rotatable bonds is 1. The minimum atomic E-state index is 0.644. The number of hydrogen-bond donors (Lipinski definition) is 1. The molecule has 3 aliphatic rings. The fraction of sp³-hybridized carbons (Fsp3) is 0.923. The molecular formula is C13H22N2. The van der Waals surface area contributed by atoms with E-state index in [2.05, 4.69) is 4.90 Å². The number of fused-ring (bicyclic) bond motifs is 1. The minimum absolute atomic E-state index is 0.644. The summed E-state index contributed by atoms with van der Waals surface area (Å²) in [6.07, 6.45) is 11.0. The smallest absolute Gasteiger partial charge is 0.0992 e. The van der Waals surface area contributed by atoms with E-state index in [4.69, 9.17) is 5.41 Å². The second-order valence-electron chi connectivity index (χ2n) is 5.61. The third kappa shape index (κ3) is 1.79. The lowest BCUT2D eigenvalue weighted by Crippen LogP contribution is -2.49. The Bertz CT molecular complexity index is 255. The second kappa shape index (κ2) is 3.80. The summed E-state index contributed by atoms with van der Waals surface area (Å²) in [6, 6.07) is 0.751. The van der Waals surface area contributed by atoms with E-state index in [1.165, 1.54) is 57.9 Å². The van der Waals surface area contributed by atoms with E-state index in [0.29, 0.717) is 5.92 Å². The molecule has 3 fully saturated rings. The third-order valence-corrected chi connectivity index (χ3v) is 4.52. The van der Waals surface area contributed by atoms with Crippen LogP contribution in [-0.2, 0) is 0 Å². The lowest BCUT2D eigenvalue weighted by molar-refractivity contribution is 0.116. The molecule has 0 bridgehead atoms. The summed E-state index contributed by atoms with van der Waals surface area (Å²) < 4.78 is 0. The molecule has 0 unspecified atom stereocenters. The Hall–Kier alpha value is -0.530. The van der Waals surface area contributed by atoms with Crippen LogP contribution >= 0.6 is 0 Å². The molecule has 84 valence electrons. The molecule has 1 N–H and O–H groups in total. The summed E-state index contributed by atoms with van der Waals surface area (Å²) in [5.74, 6) is 2.56. The zero-order valence-electron chi connectivity index (χ0n) is 9.54. The van der Waals surface area contributed by atoms with Crippen LogP contribution in [0.25, 0.3) is 0 Å². The van der Waals surface area contributed by atoms with Crippen molar-refractivity contribution in [3.63, 3.8) is 0 Å². The van der Waals surface area contributed by atoms with Gasteiger partial charge >= 0.3 is 0 Å². The molecule has 1 saturated heterocycles. The number of nitrogens with one attached hydrogen (secondary N) is 1. The molecule has 0 aromatic heterocycles. The molecular weight excluding hydrogens is 184 g/mol. The quantitative estimate of drug-likeness (QED) is 0.518. The average molecular weight is 206 g/mol. The summed E-state index contributed by atoms with van der Waals surface area (Å²) in [7, 11) is 0. The third-order valence-electron chi connectivity index (χ3n) is 4.52. The van der Waals surface area contributed by atoms with Gasteiger partial charge in [-0.3, -0.25) is 5.41 Å². The van der Waals surface area contributed by atoms with Gasteiger partial charge in [-0.1, -0.05) is 12.8 Å². The van der Waals surface area contributed by atoms with Crippen LogP contribution in [0.3, 0.4) is 0 Å². The maximum Gasteiger partial charge on any atom is 0.0992 e. The van der Waals surface area contributed by atoms with Gasteiger partial charge in [-0.25, -0.2) is 0 Å². The number of hydrogen-bond acceptors (Lipinski definition) is 1. The number of piperidine rings is 1. The summed E-state index contributed by atoms with van der Waals surface area (Å²) in [6.45, 7) is 1.18. The number of likely N-dealkylation sites (tertiary alicyclic amines) is 1. The molecule has 0 amide bonds. The number of amidine groups is 1. The van der Waals surface area contributed by atoms with Crippen molar-refractivity contribution < 1.29 is 0 Å². The zero-order chi connectivity index (χ0) is 10.3. The first-order valence-corrected chi connectivity index (χ1v) is 6.71. The second-order valence-corrected chi connectivity index (χ2v) is 5.61. The summed E-state index contributed by atoms with van der Waals surface area (Å²) in [4.78, 5) is 2.48. The predicted molar refractivity (Wildman–Crippen MR) is 62.1 cm³/mol. The van der Waals surface area contributed by atoms with Crippen LogP contribution in [0.5, 0.6) is 0 Å². The molecule has 2 heteroatoms. The van der Waals surface area contributed by atoms with Crippen molar-refractivity contribution >= 4 is 5.84 Å². The molecule has 2 atom stereocenters. The Morgan fingerprint density at radius 3 is 2.47 bits per heavy atom. The summed E-state index contributed by atoms with van der Waals surface area (Å²) in [5.41, 5.74) is 0. The van der Waals surface area contributed by atoms with Gasteiger partial charge in [0.15, 0.2) is 0 Å². The molecule has 2 saturated carbocycles. The van der Waals surface area contributed by atoms with E-state index in [9.17, 15) is 0 Å². The van der Waals surface area contributed by atoms with E-state index in [0.717, 1.165) is 17.8 Å². The average Bonchev–Trinajstić information content (AvgIpc) is 3.11. The van der Waals surface area contributed by atoms with Gasteiger partial charge in [0.25, 0.3) is 0 Å². The fourth-order valence-electron chi connectivity index (χ4n) is 3.52. The summed E-state index contributed by atoms with van der Waals surface area (Å²) in [5, 5.41) is 8.25. The normalized spacial score (nSPS) is 36.1. The lowest BCUT2D eigenvalue weighted by atomic mass is 9.78. The van der Waals surface area contributed by atoms with Crippen LogP contribution in [0, 0.1) is 17.2 Å². The first-order chi connectivity index (χ1) is 7.36. The van der Waals surface area contributed by atoms with Gasteiger partial charge in [-0.05, 0) is 44.4 Å². The molecule has 0 spiro atoms. The highest BCUT2D eigenvalue weighted by Gasteiger charge is 2.38. The molecule has 0 aromatic rings. The van der Waals surface area contributed by atoms with Crippen LogP contribution in [0.4, 0.5) is 0 Å². The van der Waals surface area contributed by atoms with E-state index in [1.807, 2.05) is 0 Å². The Morgan fingerprint density at radius 1 is 0.933 bits per heavy atom. The Labute approximate surface area is 92.5 Å². The van der Waals surface area contributed by atoms with Gasteiger partial charge in [-0.15, -0.1) is 0 Å². The van der Waals surface area contributed by atoms with E-state index in [1.54, 1.807) is 0 Å². The van der Waals surface area contributed by atoms with Crippen molar-refractivity contribution in [2.45, 2.75) is 57.4 Å². The maximum absolute atomic E-state index is 8.25. The van der Waals surface area contributed by atoms with Crippen LogP contribution in [0.1, 0.15) is 51.4 Å². The van der Waals surface area contributed by atoms with Crippen molar-refractivity contribution in [3.05, 3.63) is 0 Å². The largest absolute Gasteiger partial charge is 0.357 e. The minimum Gasteiger partial charge on any atom is -0.357 e. The molecule has 3 rings (SSSR count). The van der Waals surface area contributed by atoms with Crippen LogP contribution < -0.4 is 0 Å². The predicted octanol–water partition coefficient (Wildman–Crippen LogP) is 3.03. The number of nitrogens with zero attached hydrogens (tertiary/aromatic N) is 1.